The fraction of sp³-hybridized carbons (Fsp3) is 0.143. The molecule has 3 rings (SSSR count). The van der Waals surface area contributed by atoms with Gasteiger partial charge in [0.15, 0.2) is 11.6 Å². The first-order valence-electron chi connectivity index (χ1n) is 5.30. The van der Waals surface area contributed by atoms with Crippen molar-refractivity contribution in [3.8, 4) is 0 Å². The second kappa shape index (κ2) is 3.01. The van der Waals surface area contributed by atoms with Crippen LogP contribution in [0.15, 0.2) is 36.4 Å². The third-order valence-electron chi connectivity index (χ3n) is 3.22. The molecule has 78 valence electrons. The molecule has 1 aliphatic rings. The Labute approximate surface area is 92.9 Å². The molecule has 2 aromatic carbocycles. The fourth-order valence-electron chi connectivity index (χ4n) is 2.34. The van der Waals surface area contributed by atoms with Gasteiger partial charge < -0.3 is 0 Å². The molecule has 0 aliphatic heterocycles. The number of carbonyl (C=O) groups excluding carboxylic acids is 2. The molecule has 1 aliphatic carbocycles. The van der Waals surface area contributed by atoms with Crippen molar-refractivity contribution in [1.29, 1.82) is 0 Å². The summed E-state index contributed by atoms with van der Waals surface area (Å²) in [4.78, 5) is 24.0. The second-order valence-electron chi connectivity index (χ2n) is 4.16. The number of hydrogen-bond donors (Lipinski definition) is 0. The lowest BCUT2D eigenvalue weighted by Crippen LogP contribution is -2.26. The number of Topliss-reactive ketones (excluding diaryl/α,β-unsaturated/α-hetero) is 2. The molecule has 2 heteroatoms. The summed E-state index contributed by atoms with van der Waals surface area (Å²) in [6.07, 6.45) is 0. The third kappa shape index (κ3) is 1.01. The Morgan fingerprint density at radius 1 is 0.875 bits per heavy atom. The molecule has 2 aromatic rings. The molecule has 0 atom stereocenters. The molecule has 0 saturated carbocycles. The van der Waals surface area contributed by atoms with Crippen LogP contribution in [0.1, 0.15) is 27.6 Å². The van der Waals surface area contributed by atoms with Crippen LogP contribution in [0.2, 0.25) is 0 Å². The highest BCUT2D eigenvalue weighted by molar-refractivity contribution is 6.29. The van der Waals surface area contributed by atoms with Crippen LogP contribution in [0.5, 0.6) is 0 Å². The largest absolute Gasteiger partial charge is 0.293 e. The molecular weight excluding hydrogens is 200 g/mol. The average molecular weight is 210 g/mol. The van der Waals surface area contributed by atoms with E-state index < -0.39 is 5.92 Å². The molecule has 0 spiro atoms. The smallest absolute Gasteiger partial charge is 0.174 e. The van der Waals surface area contributed by atoms with Crippen molar-refractivity contribution < 1.29 is 9.59 Å². The van der Waals surface area contributed by atoms with E-state index in [1.54, 1.807) is 19.1 Å². The highest BCUT2D eigenvalue weighted by Crippen LogP contribution is 2.31. The minimum absolute atomic E-state index is 0.0608. The standard InChI is InChI=1S/C14H10O2/c1-8-13(15)10-6-2-4-9-5-3-7-11(12(9)10)14(8)16/h2-8H,1H3. The number of carbonyl (C=O) groups is 2. The van der Waals surface area contributed by atoms with Crippen molar-refractivity contribution in [3.05, 3.63) is 47.5 Å². The Kier molecular flexibility index (Phi) is 1.75. The predicted octanol–water partition coefficient (Wildman–Crippen LogP) is 2.85. The molecule has 0 saturated heterocycles. The summed E-state index contributed by atoms with van der Waals surface area (Å²) in [6.45, 7) is 1.68. The van der Waals surface area contributed by atoms with Crippen LogP contribution < -0.4 is 0 Å². The zero-order chi connectivity index (χ0) is 11.3. The van der Waals surface area contributed by atoms with Gasteiger partial charge >= 0.3 is 0 Å². The van der Waals surface area contributed by atoms with Gasteiger partial charge in [0.2, 0.25) is 0 Å². The number of ketones is 2. The van der Waals surface area contributed by atoms with E-state index in [1.165, 1.54) is 0 Å². The van der Waals surface area contributed by atoms with Crippen molar-refractivity contribution in [2.75, 3.05) is 0 Å². The summed E-state index contributed by atoms with van der Waals surface area (Å²) < 4.78 is 0. The van der Waals surface area contributed by atoms with Gasteiger partial charge in [-0.05, 0) is 12.3 Å². The van der Waals surface area contributed by atoms with Crippen molar-refractivity contribution >= 4 is 22.3 Å². The van der Waals surface area contributed by atoms with Crippen LogP contribution in [-0.4, -0.2) is 11.6 Å². The van der Waals surface area contributed by atoms with Gasteiger partial charge in [-0.1, -0.05) is 36.4 Å². The molecule has 0 radical (unpaired) electrons. The highest BCUT2D eigenvalue weighted by atomic mass is 16.2. The summed E-state index contributed by atoms with van der Waals surface area (Å²) in [5.41, 5.74) is 1.36. The Hall–Kier alpha value is -1.96. The Morgan fingerprint density at radius 3 is 1.88 bits per heavy atom. The summed E-state index contributed by atoms with van der Waals surface area (Å²) in [5, 5.41) is 1.78. The quantitative estimate of drug-likeness (QED) is 0.626. The molecule has 0 aromatic heterocycles. The van der Waals surface area contributed by atoms with Gasteiger partial charge in [-0.25, -0.2) is 0 Å². The molecule has 0 heterocycles. The highest BCUT2D eigenvalue weighted by Gasteiger charge is 2.31. The van der Waals surface area contributed by atoms with E-state index in [2.05, 4.69) is 0 Å². The Morgan fingerprint density at radius 2 is 1.38 bits per heavy atom. The Bertz CT molecular complexity index is 575. The lowest BCUT2D eigenvalue weighted by atomic mass is 9.81. The van der Waals surface area contributed by atoms with Gasteiger partial charge in [0, 0.05) is 16.5 Å². The fourth-order valence-corrected chi connectivity index (χ4v) is 2.34. The van der Waals surface area contributed by atoms with Crippen LogP contribution in [0.25, 0.3) is 10.8 Å². The maximum Gasteiger partial charge on any atom is 0.174 e. The van der Waals surface area contributed by atoms with Crippen LogP contribution in [0, 0.1) is 5.92 Å². The SMILES string of the molecule is CC1C(=O)c2cccc3cccc(c23)C1=O. The monoisotopic (exact) mass is 210 g/mol. The maximum absolute atomic E-state index is 12.0. The molecule has 0 amide bonds. The zero-order valence-electron chi connectivity index (χ0n) is 8.86. The first-order chi connectivity index (χ1) is 7.70. The van der Waals surface area contributed by atoms with E-state index in [0.29, 0.717) is 11.1 Å². The van der Waals surface area contributed by atoms with E-state index >= 15 is 0 Å². The van der Waals surface area contributed by atoms with E-state index in [1.807, 2.05) is 24.3 Å². The maximum atomic E-state index is 12.0. The van der Waals surface area contributed by atoms with E-state index in [0.717, 1.165) is 10.8 Å². The van der Waals surface area contributed by atoms with E-state index in [9.17, 15) is 9.59 Å². The van der Waals surface area contributed by atoms with Gasteiger partial charge in [-0.2, -0.15) is 0 Å². The summed E-state index contributed by atoms with van der Waals surface area (Å²) in [6, 6.07) is 11.2. The molecule has 0 bridgehead atoms. The van der Waals surface area contributed by atoms with Crippen molar-refractivity contribution in [3.63, 3.8) is 0 Å². The number of hydrogen-bond acceptors (Lipinski definition) is 2. The van der Waals surface area contributed by atoms with Gasteiger partial charge in [0.05, 0.1) is 5.92 Å². The lowest BCUT2D eigenvalue weighted by Gasteiger charge is -2.19. The summed E-state index contributed by atoms with van der Waals surface area (Å²) in [5.74, 6) is -0.663. The summed E-state index contributed by atoms with van der Waals surface area (Å²) in [7, 11) is 0. The average Bonchev–Trinajstić information content (AvgIpc) is 2.33. The molecule has 2 nitrogen and oxygen atoms in total. The first-order valence-corrected chi connectivity index (χ1v) is 5.30. The van der Waals surface area contributed by atoms with E-state index in [4.69, 9.17) is 0 Å². The molecule has 0 unspecified atom stereocenters. The minimum Gasteiger partial charge on any atom is -0.293 e. The Balaban J connectivity index is 2.52. The molecule has 0 N–H and O–H groups in total. The van der Waals surface area contributed by atoms with Crippen LogP contribution in [0.3, 0.4) is 0 Å². The van der Waals surface area contributed by atoms with Crippen molar-refractivity contribution in [2.24, 2.45) is 5.92 Å². The molecule has 0 fully saturated rings. The first kappa shape index (κ1) is 9.28. The van der Waals surface area contributed by atoms with Crippen molar-refractivity contribution in [2.45, 2.75) is 6.92 Å². The van der Waals surface area contributed by atoms with Gasteiger partial charge in [0.1, 0.15) is 0 Å². The predicted molar refractivity (Wildman–Crippen MR) is 61.8 cm³/mol. The number of rotatable bonds is 0. The van der Waals surface area contributed by atoms with Gasteiger partial charge in [-0.3, -0.25) is 9.59 Å². The minimum atomic E-state index is -0.541. The molecule has 16 heavy (non-hydrogen) atoms. The number of benzene rings is 2. The van der Waals surface area contributed by atoms with Crippen LogP contribution in [0.4, 0.5) is 0 Å². The summed E-state index contributed by atoms with van der Waals surface area (Å²) >= 11 is 0. The lowest BCUT2D eigenvalue weighted by molar-refractivity contribution is 0.0816. The normalized spacial score (nSPS) is 15.8. The van der Waals surface area contributed by atoms with Gasteiger partial charge in [-0.15, -0.1) is 0 Å². The third-order valence-corrected chi connectivity index (χ3v) is 3.22. The van der Waals surface area contributed by atoms with Gasteiger partial charge in [0.25, 0.3) is 0 Å². The molecular formula is C14H10O2. The topological polar surface area (TPSA) is 34.1 Å². The zero-order valence-corrected chi connectivity index (χ0v) is 8.86. The second-order valence-corrected chi connectivity index (χ2v) is 4.16. The van der Waals surface area contributed by atoms with Crippen LogP contribution >= 0.6 is 0 Å². The van der Waals surface area contributed by atoms with E-state index in [-0.39, 0.29) is 11.6 Å². The van der Waals surface area contributed by atoms with Crippen LogP contribution in [-0.2, 0) is 0 Å². The van der Waals surface area contributed by atoms with Crippen molar-refractivity contribution in [1.82, 2.24) is 0 Å².